The Morgan fingerprint density at radius 3 is 1.83 bits per heavy atom. The van der Waals surface area contributed by atoms with E-state index in [1.807, 2.05) is 78.9 Å². The highest BCUT2D eigenvalue weighted by molar-refractivity contribution is 6.24. The van der Waals surface area contributed by atoms with Crippen molar-refractivity contribution in [3.05, 3.63) is 138 Å². The maximum absolute atomic E-state index is 13.5. The van der Waals surface area contributed by atoms with Crippen molar-refractivity contribution in [2.24, 2.45) is 0 Å². The zero-order valence-electron chi connectivity index (χ0n) is 22.3. The maximum Gasteiger partial charge on any atom is 0.281 e. The van der Waals surface area contributed by atoms with Crippen LogP contribution in [-0.2, 0) is 0 Å². The van der Waals surface area contributed by atoms with E-state index >= 15 is 0 Å². The number of rotatable bonds is 2. The standard InChI is InChI=1S/C36H21N5O/c42-35-26-17-7-11-21-30(26)40-28-19-9-5-15-24(28)31-25-16-6-10-20-29(25)41(33(31)34(40)39-35)36-37-27-18-8-4-14-23(27)32(38-36)22-12-2-1-3-13-22/h1-21H. The molecule has 6 heteroatoms. The van der Waals surface area contributed by atoms with Gasteiger partial charge in [0.1, 0.15) is 5.52 Å². The fraction of sp³-hybridized carbons (Fsp3) is 0. The topological polar surface area (TPSA) is 65.1 Å². The van der Waals surface area contributed by atoms with E-state index in [1.165, 1.54) is 0 Å². The molecule has 0 bridgehead atoms. The summed E-state index contributed by atoms with van der Waals surface area (Å²) in [5.74, 6) is 0.526. The smallest absolute Gasteiger partial charge is 0.281 e. The monoisotopic (exact) mass is 539 g/mol. The Labute approximate surface area is 238 Å². The lowest BCUT2D eigenvalue weighted by molar-refractivity contribution is 1.01. The molecular weight excluding hydrogens is 518 g/mol. The van der Waals surface area contributed by atoms with Crippen molar-refractivity contribution in [2.45, 2.75) is 0 Å². The van der Waals surface area contributed by atoms with Crippen molar-refractivity contribution in [1.82, 2.24) is 23.9 Å². The molecule has 196 valence electrons. The molecule has 0 saturated carbocycles. The second-order valence-corrected chi connectivity index (χ2v) is 10.4. The summed E-state index contributed by atoms with van der Waals surface area (Å²) in [5, 5.41) is 4.68. The summed E-state index contributed by atoms with van der Waals surface area (Å²) in [4.78, 5) is 28.6. The summed E-state index contributed by atoms with van der Waals surface area (Å²) in [7, 11) is 0. The van der Waals surface area contributed by atoms with Gasteiger partial charge in [0, 0.05) is 27.1 Å². The van der Waals surface area contributed by atoms with Crippen LogP contribution in [0.5, 0.6) is 0 Å². The average molecular weight is 540 g/mol. The van der Waals surface area contributed by atoms with Crippen LogP contribution in [0.3, 0.4) is 0 Å². The van der Waals surface area contributed by atoms with Gasteiger partial charge in [-0.05, 0) is 30.3 Å². The Hall–Kier alpha value is -5.88. The highest BCUT2D eigenvalue weighted by Gasteiger charge is 2.23. The summed E-state index contributed by atoms with van der Waals surface area (Å²) in [6, 6.07) is 42.5. The van der Waals surface area contributed by atoms with Gasteiger partial charge in [-0.25, -0.2) is 9.97 Å². The largest absolute Gasteiger partial charge is 0.292 e. The van der Waals surface area contributed by atoms with Gasteiger partial charge in [0.2, 0.25) is 5.95 Å². The molecule has 4 aromatic heterocycles. The Kier molecular flexibility index (Phi) is 4.66. The van der Waals surface area contributed by atoms with Crippen molar-refractivity contribution < 1.29 is 0 Å². The molecule has 42 heavy (non-hydrogen) atoms. The molecule has 9 aromatic rings. The lowest BCUT2D eigenvalue weighted by Crippen LogP contribution is -2.13. The van der Waals surface area contributed by atoms with Crippen LogP contribution in [0.25, 0.3) is 77.4 Å². The van der Waals surface area contributed by atoms with Gasteiger partial charge in [-0.15, -0.1) is 0 Å². The second kappa shape index (κ2) is 8.56. The molecule has 0 spiro atoms. The third kappa shape index (κ3) is 3.09. The summed E-state index contributed by atoms with van der Waals surface area (Å²) in [6.07, 6.45) is 0. The van der Waals surface area contributed by atoms with E-state index < -0.39 is 0 Å². The fourth-order valence-electron chi connectivity index (χ4n) is 6.37. The third-order valence-electron chi connectivity index (χ3n) is 8.13. The zero-order valence-corrected chi connectivity index (χ0v) is 22.3. The van der Waals surface area contributed by atoms with Crippen molar-refractivity contribution in [3.8, 4) is 17.2 Å². The fourth-order valence-corrected chi connectivity index (χ4v) is 6.37. The molecule has 0 aliphatic rings. The Bertz CT molecular complexity index is 2600. The van der Waals surface area contributed by atoms with E-state index in [2.05, 4.69) is 57.5 Å². The van der Waals surface area contributed by atoms with Crippen molar-refractivity contribution >= 4 is 60.2 Å². The molecule has 5 aromatic carbocycles. The van der Waals surface area contributed by atoms with E-state index in [4.69, 9.17) is 15.0 Å². The predicted octanol–water partition coefficient (Wildman–Crippen LogP) is 7.71. The van der Waals surface area contributed by atoms with Crippen LogP contribution in [0.15, 0.2) is 132 Å². The molecular formula is C36H21N5O. The number of aromatic nitrogens is 5. The molecule has 0 aliphatic heterocycles. The van der Waals surface area contributed by atoms with Gasteiger partial charge in [0.25, 0.3) is 5.56 Å². The number of benzene rings is 5. The molecule has 0 aliphatic carbocycles. The summed E-state index contributed by atoms with van der Waals surface area (Å²) < 4.78 is 4.18. The minimum Gasteiger partial charge on any atom is -0.292 e. The van der Waals surface area contributed by atoms with Gasteiger partial charge in [-0.3, -0.25) is 13.8 Å². The summed E-state index contributed by atoms with van der Waals surface area (Å²) >= 11 is 0. The molecule has 0 unspecified atom stereocenters. The Balaban J connectivity index is 1.56. The first-order valence-electron chi connectivity index (χ1n) is 13.9. The van der Waals surface area contributed by atoms with Crippen LogP contribution in [0.4, 0.5) is 0 Å². The van der Waals surface area contributed by atoms with Crippen LogP contribution in [0, 0.1) is 0 Å². The van der Waals surface area contributed by atoms with Gasteiger partial charge in [-0.2, -0.15) is 4.98 Å². The van der Waals surface area contributed by atoms with E-state index in [1.54, 1.807) is 0 Å². The predicted molar refractivity (Wildman–Crippen MR) is 169 cm³/mol. The van der Waals surface area contributed by atoms with Crippen molar-refractivity contribution in [2.75, 3.05) is 0 Å². The van der Waals surface area contributed by atoms with Crippen LogP contribution in [0.1, 0.15) is 0 Å². The molecule has 0 saturated heterocycles. The Morgan fingerprint density at radius 1 is 0.500 bits per heavy atom. The van der Waals surface area contributed by atoms with Crippen molar-refractivity contribution in [1.29, 1.82) is 0 Å². The number of hydrogen-bond donors (Lipinski definition) is 0. The maximum atomic E-state index is 13.5. The molecule has 0 fully saturated rings. The normalized spacial score (nSPS) is 11.9. The molecule has 4 heterocycles. The van der Waals surface area contributed by atoms with Crippen LogP contribution >= 0.6 is 0 Å². The van der Waals surface area contributed by atoms with E-state index in [0.717, 1.165) is 60.4 Å². The van der Waals surface area contributed by atoms with Crippen LogP contribution < -0.4 is 5.56 Å². The SMILES string of the molecule is O=c1nc2c3c(c4ccccc4n3-c3nc(-c4ccccc4)c4ccccc4n3)c3ccccc3n2c2ccccc12. The summed E-state index contributed by atoms with van der Waals surface area (Å²) in [5.41, 5.74) is 6.55. The zero-order chi connectivity index (χ0) is 27.8. The highest BCUT2D eigenvalue weighted by atomic mass is 16.1. The lowest BCUT2D eigenvalue weighted by atomic mass is 10.1. The minimum absolute atomic E-state index is 0.261. The van der Waals surface area contributed by atoms with E-state index in [-0.39, 0.29) is 5.56 Å². The van der Waals surface area contributed by atoms with E-state index in [0.29, 0.717) is 17.0 Å². The quantitative estimate of drug-likeness (QED) is 0.211. The number of fused-ring (bicyclic) bond motifs is 11. The number of para-hydroxylation sites is 4. The lowest BCUT2D eigenvalue weighted by Gasteiger charge is -2.15. The molecule has 0 atom stereocenters. The number of nitrogens with zero attached hydrogens (tertiary/aromatic N) is 5. The van der Waals surface area contributed by atoms with Gasteiger partial charge >= 0.3 is 0 Å². The first-order valence-corrected chi connectivity index (χ1v) is 13.9. The van der Waals surface area contributed by atoms with Gasteiger partial charge in [-0.1, -0.05) is 97.1 Å². The van der Waals surface area contributed by atoms with Gasteiger partial charge in [0.05, 0.1) is 33.1 Å². The van der Waals surface area contributed by atoms with E-state index in [9.17, 15) is 4.79 Å². The molecule has 0 N–H and O–H groups in total. The molecule has 0 amide bonds. The van der Waals surface area contributed by atoms with Crippen LogP contribution in [0.2, 0.25) is 0 Å². The highest BCUT2D eigenvalue weighted by Crippen LogP contribution is 2.39. The molecule has 0 radical (unpaired) electrons. The van der Waals surface area contributed by atoms with Gasteiger partial charge < -0.3 is 0 Å². The second-order valence-electron chi connectivity index (χ2n) is 10.4. The minimum atomic E-state index is -0.261. The van der Waals surface area contributed by atoms with Crippen molar-refractivity contribution in [3.63, 3.8) is 0 Å². The first-order chi connectivity index (χ1) is 20.8. The third-order valence-corrected chi connectivity index (χ3v) is 8.13. The summed E-state index contributed by atoms with van der Waals surface area (Å²) in [6.45, 7) is 0. The first kappa shape index (κ1) is 22.9. The average Bonchev–Trinajstić information content (AvgIpc) is 3.40. The van der Waals surface area contributed by atoms with Gasteiger partial charge in [0.15, 0.2) is 5.65 Å². The Morgan fingerprint density at radius 2 is 1.07 bits per heavy atom. The van der Waals surface area contributed by atoms with Crippen LogP contribution in [-0.4, -0.2) is 23.9 Å². The number of hydrogen-bond acceptors (Lipinski definition) is 4. The molecule has 6 nitrogen and oxygen atoms in total. The number of pyridine rings is 1. The molecule has 9 rings (SSSR count).